The molecule has 1 heterocycles. The summed E-state index contributed by atoms with van der Waals surface area (Å²) in [5, 5.41) is 7.41. The summed E-state index contributed by atoms with van der Waals surface area (Å²) in [5.41, 5.74) is 2.12. The Morgan fingerprint density at radius 1 is 1.16 bits per heavy atom. The number of nitrogens with one attached hydrogen (secondary N) is 2. The Balaban J connectivity index is 1.98. The summed E-state index contributed by atoms with van der Waals surface area (Å²) in [4.78, 5) is 4.27. The van der Waals surface area contributed by atoms with Gasteiger partial charge in [0.15, 0.2) is 0 Å². The molecule has 3 nitrogen and oxygen atoms in total. The Hall–Kier alpha value is -1.74. The Kier molecular flexibility index (Phi) is 5.04. The molecular formula is C15H18ClN3. The van der Waals surface area contributed by atoms with Crippen molar-refractivity contribution >= 4 is 23.1 Å². The minimum Gasteiger partial charge on any atom is -0.381 e. The number of anilines is 2. The molecule has 2 N–H and O–H groups in total. The van der Waals surface area contributed by atoms with Crippen molar-refractivity contribution in [2.24, 2.45) is 0 Å². The van der Waals surface area contributed by atoms with E-state index in [9.17, 15) is 0 Å². The van der Waals surface area contributed by atoms with Crippen LogP contribution in [-0.4, -0.2) is 11.5 Å². The lowest BCUT2D eigenvalue weighted by atomic mass is 10.2. The summed E-state index contributed by atoms with van der Waals surface area (Å²) in [6, 6.07) is 11.8. The van der Waals surface area contributed by atoms with Crippen LogP contribution in [0.5, 0.6) is 0 Å². The highest BCUT2D eigenvalue weighted by molar-refractivity contribution is 6.31. The molecule has 0 amide bonds. The number of pyridine rings is 1. The maximum Gasteiger partial charge on any atom is 0.127 e. The van der Waals surface area contributed by atoms with Gasteiger partial charge >= 0.3 is 0 Å². The standard InChI is InChI=1S/C15H18ClN3/c1-2-8-17-15-10-13(7-9-18-15)19-11-12-5-3-4-6-14(12)16/h3-7,9-10H,2,8,11H2,1H3,(H2,17,18,19). The zero-order valence-electron chi connectivity index (χ0n) is 11.0. The van der Waals surface area contributed by atoms with Crippen LogP contribution in [0.25, 0.3) is 0 Å². The van der Waals surface area contributed by atoms with Gasteiger partial charge in [-0.05, 0) is 24.1 Å². The molecule has 0 spiro atoms. The molecule has 0 aliphatic heterocycles. The molecule has 0 bridgehead atoms. The van der Waals surface area contributed by atoms with Crippen LogP contribution in [0.2, 0.25) is 5.02 Å². The fourth-order valence-corrected chi connectivity index (χ4v) is 1.93. The van der Waals surface area contributed by atoms with Gasteiger partial charge in [0.1, 0.15) is 5.82 Å². The highest BCUT2D eigenvalue weighted by Gasteiger charge is 2.00. The first kappa shape index (κ1) is 13.7. The maximum absolute atomic E-state index is 6.13. The summed E-state index contributed by atoms with van der Waals surface area (Å²) >= 11 is 6.13. The lowest BCUT2D eigenvalue weighted by Crippen LogP contribution is -2.04. The molecule has 0 aliphatic carbocycles. The topological polar surface area (TPSA) is 37.0 Å². The van der Waals surface area contributed by atoms with Crippen LogP contribution in [-0.2, 0) is 6.54 Å². The van der Waals surface area contributed by atoms with Gasteiger partial charge in [-0.15, -0.1) is 0 Å². The number of benzene rings is 1. The molecule has 4 heteroatoms. The highest BCUT2D eigenvalue weighted by atomic mass is 35.5. The van der Waals surface area contributed by atoms with Crippen molar-refractivity contribution < 1.29 is 0 Å². The summed E-state index contributed by atoms with van der Waals surface area (Å²) in [6.45, 7) is 3.77. The van der Waals surface area contributed by atoms with Gasteiger partial charge in [-0.1, -0.05) is 36.7 Å². The van der Waals surface area contributed by atoms with E-state index >= 15 is 0 Å². The Morgan fingerprint density at radius 3 is 2.79 bits per heavy atom. The maximum atomic E-state index is 6.13. The molecule has 1 aromatic heterocycles. The third-order valence-electron chi connectivity index (χ3n) is 2.76. The van der Waals surface area contributed by atoms with E-state index in [-0.39, 0.29) is 0 Å². The number of halogens is 1. The van der Waals surface area contributed by atoms with Crippen LogP contribution >= 0.6 is 11.6 Å². The van der Waals surface area contributed by atoms with Crippen LogP contribution < -0.4 is 10.6 Å². The molecule has 0 radical (unpaired) electrons. The first-order chi connectivity index (χ1) is 9.29. The molecule has 0 fully saturated rings. The second-order valence-electron chi connectivity index (χ2n) is 4.30. The average molecular weight is 276 g/mol. The molecule has 1 aromatic carbocycles. The summed E-state index contributed by atoms with van der Waals surface area (Å²) in [6.07, 6.45) is 2.88. The summed E-state index contributed by atoms with van der Waals surface area (Å²) in [7, 11) is 0. The molecule has 2 aromatic rings. The summed E-state index contributed by atoms with van der Waals surface area (Å²) < 4.78 is 0. The third kappa shape index (κ3) is 4.14. The van der Waals surface area contributed by atoms with Crippen molar-refractivity contribution in [2.75, 3.05) is 17.2 Å². The Labute approximate surface area is 119 Å². The SMILES string of the molecule is CCCNc1cc(NCc2ccccc2Cl)ccn1. The van der Waals surface area contributed by atoms with E-state index in [1.165, 1.54) is 0 Å². The third-order valence-corrected chi connectivity index (χ3v) is 3.13. The fourth-order valence-electron chi connectivity index (χ4n) is 1.73. The lowest BCUT2D eigenvalue weighted by molar-refractivity contribution is 0.969. The van der Waals surface area contributed by atoms with Gasteiger partial charge in [-0.3, -0.25) is 0 Å². The summed E-state index contributed by atoms with van der Waals surface area (Å²) in [5.74, 6) is 0.894. The molecule has 0 saturated carbocycles. The molecular weight excluding hydrogens is 258 g/mol. The fraction of sp³-hybridized carbons (Fsp3) is 0.267. The van der Waals surface area contributed by atoms with E-state index in [4.69, 9.17) is 11.6 Å². The lowest BCUT2D eigenvalue weighted by Gasteiger charge is -2.10. The number of rotatable bonds is 6. The first-order valence-electron chi connectivity index (χ1n) is 6.47. The Morgan fingerprint density at radius 2 is 2.00 bits per heavy atom. The van der Waals surface area contributed by atoms with E-state index in [0.29, 0.717) is 6.54 Å². The highest BCUT2D eigenvalue weighted by Crippen LogP contribution is 2.18. The van der Waals surface area contributed by atoms with Crippen molar-refractivity contribution in [3.63, 3.8) is 0 Å². The first-order valence-corrected chi connectivity index (χ1v) is 6.84. The largest absolute Gasteiger partial charge is 0.381 e. The quantitative estimate of drug-likeness (QED) is 0.831. The van der Waals surface area contributed by atoms with Crippen molar-refractivity contribution in [3.05, 3.63) is 53.2 Å². The van der Waals surface area contributed by atoms with Crippen molar-refractivity contribution in [3.8, 4) is 0 Å². The van der Waals surface area contributed by atoms with E-state index in [0.717, 1.165) is 35.1 Å². The Bertz CT molecular complexity index is 528. The van der Waals surface area contributed by atoms with Crippen LogP contribution in [0.4, 0.5) is 11.5 Å². The van der Waals surface area contributed by atoms with Crippen LogP contribution in [0.15, 0.2) is 42.6 Å². The van der Waals surface area contributed by atoms with Gasteiger partial charge < -0.3 is 10.6 Å². The van der Waals surface area contributed by atoms with Crippen LogP contribution in [0, 0.1) is 0 Å². The van der Waals surface area contributed by atoms with E-state index < -0.39 is 0 Å². The zero-order chi connectivity index (χ0) is 13.5. The van der Waals surface area contributed by atoms with Crippen molar-refractivity contribution in [1.82, 2.24) is 4.98 Å². The van der Waals surface area contributed by atoms with Crippen LogP contribution in [0.1, 0.15) is 18.9 Å². The van der Waals surface area contributed by atoms with Gasteiger partial charge in [0.05, 0.1) is 0 Å². The van der Waals surface area contributed by atoms with Gasteiger partial charge in [-0.25, -0.2) is 4.98 Å². The monoisotopic (exact) mass is 275 g/mol. The second-order valence-corrected chi connectivity index (χ2v) is 4.71. The van der Waals surface area contributed by atoms with E-state index in [1.54, 1.807) is 6.20 Å². The van der Waals surface area contributed by atoms with Crippen LogP contribution in [0.3, 0.4) is 0 Å². The molecule has 0 unspecified atom stereocenters. The molecule has 100 valence electrons. The minimum absolute atomic E-state index is 0.705. The second kappa shape index (κ2) is 7.00. The average Bonchev–Trinajstić information content (AvgIpc) is 2.45. The van der Waals surface area contributed by atoms with Gasteiger partial charge in [0.25, 0.3) is 0 Å². The van der Waals surface area contributed by atoms with Gasteiger partial charge in [0.2, 0.25) is 0 Å². The normalized spacial score (nSPS) is 10.2. The van der Waals surface area contributed by atoms with E-state index in [2.05, 4.69) is 22.5 Å². The molecule has 2 rings (SSSR count). The number of hydrogen-bond acceptors (Lipinski definition) is 3. The van der Waals surface area contributed by atoms with Gasteiger partial charge in [-0.2, -0.15) is 0 Å². The number of nitrogens with zero attached hydrogens (tertiary/aromatic N) is 1. The molecule has 0 aliphatic rings. The van der Waals surface area contributed by atoms with Crippen molar-refractivity contribution in [1.29, 1.82) is 0 Å². The molecule has 0 saturated heterocycles. The predicted molar refractivity (Wildman–Crippen MR) is 81.8 cm³/mol. The molecule has 19 heavy (non-hydrogen) atoms. The molecule has 0 atom stereocenters. The number of aromatic nitrogens is 1. The van der Waals surface area contributed by atoms with Crippen molar-refractivity contribution in [2.45, 2.75) is 19.9 Å². The zero-order valence-corrected chi connectivity index (χ0v) is 11.7. The van der Waals surface area contributed by atoms with E-state index in [1.807, 2.05) is 36.4 Å². The predicted octanol–water partition coefficient (Wildman–Crippen LogP) is 4.17. The number of hydrogen-bond donors (Lipinski definition) is 2. The minimum atomic E-state index is 0.705. The van der Waals surface area contributed by atoms with Gasteiger partial charge in [0, 0.05) is 36.1 Å². The smallest absolute Gasteiger partial charge is 0.127 e.